The largest absolute Gasteiger partial charge is 0.308 e. The van der Waals surface area contributed by atoms with Crippen molar-refractivity contribution in [3.63, 3.8) is 0 Å². The number of aryl methyl sites for hydroxylation is 2. The summed E-state index contributed by atoms with van der Waals surface area (Å²) in [5, 5.41) is 2.00. The van der Waals surface area contributed by atoms with E-state index in [1.807, 2.05) is 100 Å². The van der Waals surface area contributed by atoms with Gasteiger partial charge in [0.05, 0.1) is 22.4 Å². The number of aromatic nitrogens is 4. The number of fused-ring (bicyclic) bond motifs is 4. The van der Waals surface area contributed by atoms with E-state index in [1.165, 1.54) is 4.57 Å². The van der Waals surface area contributed by atoms with Gasteiger partial charge in [0.1, 0.15) is 11.5 Å². The van der Waals surface area contributed by atoms with Gasteiger partial charge in [0.2, 0.25) is 0 Å². The van der Waals surface area contributed by atoms with Crippen LogP contribution in [0.2, 0.25) is 0 Å². The highest BCUT2D eigenvalue weighted by Crippen LogP contribution is 2.48. The molecular weight excluding hydrogens is 671 g/mol. The molecule has 7 aromatic carbocycles. The second-order valence-electron chi connectivity index (χ2n) is 13.6. The summed E-state index contributed by atoms with van der Waals surface area (Å²) in [5.41, 5.74) is 10.8. The van der Waals surface area contributed by atoms with Crippen LogP contribution in [0.3, 0.4) is 0 Å². The van der Waals surface area contributed by atoms with Gasteiger partial charge in [-0.2, -0.15) is 4.57 Å². The number of anilines is 3. The summed E-state index contributed by atoms with van der Waals surface area (Å²) < 4.78 is 54.9. The summed E-state index contributed by atoms with van der Waals surface area (Å²) in [5.74, 6) is 0.502. The third-order valence-corrected chi connectivity index (χ3v) is 10.3. The normalized spacial score (nSPS) is 13.5. The van der Waals surface area contributed by atoms with E-state index in [-0.39, 0.29) is 5.56 Å². The van der Waals surface area contributed by atoms with Gasteiger partial charge < -0.3 is 4.90 Å². The van der Waals surface area contributed by atoms with E-state index in [2.05, 4.69) is 83.8 Å². The first-order valence-corrected chi connectivity index (χ1v) is 18.2. The average molecular weight is 715 g/mol. The third kappa shape index (κ3) is 5.56. The first-order valence-electron chi connectivity index (χ1n) is 21.2. The Bertz CT molecular complexity index is 3180. The standard InChI is InChI=1S/C50H38N5/c1-35-29-30-51-49(31-35)55-45-24-10-9-21-43(45)44-28-27-40(33-48(44)55)54(39-20-13-19-38(32-39)53-34-52(2)46-25-11-12-26-47(46)53)50-41(36-15-5-3-6-16-36)22-14-23-42(50)37-17-7-4-8-18-37/h3-34H,1-2H3/q+1/i1D3,2D3. The molecule has 0 spiro atoms. The molecule has 0 unspecified atom stereocenters. The summed E-state index contributed by atoms with van der Waals surface area (Å²) in [6, 6.07) is 60.4. The van der Waals surface area contributed by atoms with E-state index in [1.54, 1.807) is 24.7 Å². The molecule has 0 aliphatic heterocycles. The molecule has 5 heteroatoms. The minimum absolute atomic E-state index is 0.208. The molecule has 0 aliphatic rings. The van der Waals surface area contributed by atoms with Crippen LogP contribution in [0, 0.1) is 6.85 Å². The van der Waals surface area contributed by atoms with Gasteiger partial charge in [-0.1, -0.05) is 103 Å². The van der Waals surface area contributed by atoms with Gasteiger partial charge in [0, 0.05) is 73.2 Å². The van der Waals surface area contributed by atoms with Gasteiger partial charge in [-0.15, -0.1) is 0 Å². The number of benzene rings is 7. The highest BCUT2D eigenvalue weighted by molar-refractivity contribution is 6.11. The lowest BCUT2D eigenvalue weighted by molar-refractivity contribution is 0.911. The lowest BCUT2D eigenvalue weighted by atomic mass is 9.94. The molecule has 0 saturated heterocycles. The Morgan fingerprint density at radius 2 is 1.20 bits per heavy atom. The maximum atomic E-state index is 8.34. The number of pyridine rings is 1. The number of para-hydroxylation sites is 4. The highest BCUT2D eigenvalue weighted by Gasteiger charge is 2.25. The second-order valence-corrected chi connectivity index (χ2v) is 13.6. The van der Waals surface area contributed by atoms with Crippen molar-refractivity contribution < 1.29 is 8.22 Å². The van der Waals surface area contributed by atoms with Gasteiger partial charge in [0.15, 0.2) is 17.4 Å². The number of imidazole rings is 1. The molecule has 0 N–H and O–H groups in total. The van der Waals surface area contributed by atoms with E-state index in [4.69, 9.17) is 13.2 Å². The molecule has 262 valence electrons. The van der Waals surface area contributed by atoms with Gasteiger partial charge in [-0.3, -0.25) is 4.57 Å². The Hall–Kier alpha value is -7.24. The van der Waals surface area contributed by atoms with Crippen LogP contribution in [0.1, 0.15) is 13.8 Å². The van der Waals surface area contributed by atoms with Crippen molar-refractivity contribution in [2.45, 2.75) is 6.85 Å². The summed E-state index contributed by atoms with van der Waals surface area (Å²) in [6.07, 6.45) is 3.21. The predicted octanol–water partition coefficient (Wildman–Crippen LogP) is 12.9. The van der Waals surface area contributed by atoms with E-state index in [9.17, 15) is 0 Å². The van der Waals surface area contributed by atoms with Crippen LogP contribution in [0.5, 0.6) is 0 Å². The van der Waals surface area contributed by atoms with Crippen LogP contribution in [-0.4, -0.2) is 18.7 Å². The third-order valence-electron chi connectivity index (χ3n) is 10.3. The van der Waals surface area contributed by atoms with Crippen LogP contribution in [-0.2, 0) is 6.98 Å². The molecule has 0 radical (unpaired) electrons. The second kappa shape index (κ2) is 13.3. The molecule has 5 nitrogen and oxygen atoms in total. The molecular formula is C50H38N5+. The summed E-state index contributed by atoms with van der Waals surface area (Å²) >= 11 is 0. The number of rotatable bonds is 7. The Kier molecular flexibility index (Phi) is 6.42. The molecule has 0 atom stereocenters. The van der Waals surface area contributed by atoms with Crippen molar-refractivity contribution in [2.75, 3.05) is 4.90 Å². The molecule has 10 rings (SSSR count). The Morgan fingerprint density at radius 3 is 1.95 bits per heavy atom. The van der Waals surface area contributed by atoms with Crippen LogP contribution in [0.25, 0.3) is 66.6 Å². The first kappa shape index (κ1) is 26.5. The quantitative estimate of drug-likeness (QED) is 0.154. The lowest BCUT2D eigenvalue weighted by Crippen LogP contribution is -2.13. The van der Waals surface area contributed by atoms with Gasteiger partial charge in [-0.25, -0.2) is 9.55 Å². The average Bonchev–Trinajstić information content (AvgIpc) is 3.84. The lowest BCUT2D eigenvalue weighted by Gasteiger charge is -2.30. The van der Waals surface area contributed by atoms with Crippen molar-refractivity contribution in [2.24, 2.45) is 6.98 Å². The fourth-order valence-electron chi connectivity index (χ4n) is 7.88. The molecule has 0 bridgehead atoms. The molecule has 55 heavy (non-hydrogen) atoms. The van der Waals surface area contributed by atoms with E-state index < -0.39 is 13.8 Å². The first-order chi connectivity index (χ1) is 29.5. The molecule has 0 saturated carbocycles. The topological polar surface area (TPSA) is 30.9 Å². The van der Waals surface area contributed by atoms with Crippen molar-refractivity contribution in [3.8, 4) is 33.8 Å². The number of hydrogen-bond donors (Lipinski definition) is 0. The molecule has 0 aliphatic carbocycles. The highest BCUT2D eigenvalue weighted by atomic mass is 15.2. The summed E-state index contributed by atoms with van der Waals surface area (Å²) in [4.78, 5) is 7.01. The van der Waals surface area contributed by atoms with Crippen molar-refractivity contribution >= 4 is 49.9 Å². The Morgan fingerprint density at radius 1 is 0.545 bits per heavy atom. The minimum atomic E-state index is -2.39. The minimum Gasteiger partial charge on any atom is -0.308 e. The monoisotopic (exact) mass is 714 g/mol. The maximum Gasteiger partial charge on any atom is 0.191 e. The molecule has 3 aromatic heterocycles. The zero-order chi connectivity index (χ0) is 41.9. The molecule has 10 aromatic rings. The van der Waals surface area contributed by atoms with Crippen molar-refractivity contribution in [1.82, 2.24) is 18.7 Å². The SMILES string of the molecule is [2H]C([2H])([2H])c1ccnc(-n2c3ccccc3c3ccc(N(c4cccc(-n5[cH+]n(C([2H])([2H])[2H])c6ccccc65)c4)c4c(-c5ccccc5)cccc4-c4ccccc4)cc32)c1. The molecule has 0 fully saturated rings. The van der Waals surface area contributed by atoms with Crippen LogP contribution in [0.15, 0.2) is 195 Å². The van der Waals surface area contributed by atoms with Gasteiger partial charge >= 0.3 is 0 Å². The molecule has 3 heterocycles. The van der Waals surface area contributed by atoms with Gasteiger partial charge in [0.25, 0.3) is 0 Å². The zero-order valence-corrected chi connectivity index (χ0v) is 29.7. The predicted molar refractivity (Wildman–Crippen MR) is 229 cm³/mol. The van der Waals surface area contributed by atoms with E-state index in [0.717, 1.165) is 72.3 Å². The fraction of sp³-hybridized carbons (Fsp3) is 0.0400. The Labute approximate surface area is 328 Å². The van der Waals surface area contributed by atoms with Crippen LogP contribution < -0.4 is 4.90 Å². The smallest absolute Gasteiger partial charge is 0.191 e. The Balaban J connectivity index is 1.29. The molecule has 0 amide bonds. The van der Waals surface area contributed by atoms with E-state index in [0.29, 0.717) is 11.3 Å². The number of nitrogens with zero attached hydrogens (tertiary/aromatic N) is 5. The maximum absolute atomic E-state index is 8.34. The van der Waals surface area contributed by atoms with Crippen molar-refractivity contribution in [3.05, 3.63) is 200 Å². The summed E-state index contributed by atoms with van der Waals surface area (Å²) in [6.45, 7) is -4.70. The zero-order valence-electron chi connectivity index (χ0n) is 35.7. The van der Waals surface area contributed by atoms with E-state index >= 15 is 0 Å². The van der Waals surface area contributed by atoms with Crippen LogP contribution in [0.4, 0.5) is 17.1 Å². The fourth-order valence-corrected chi connectivity index (χ4v) is 7.88. The summed E-state index contributed by atoms with van der Waals surface area (Å²) in [7, 11) is 0. The van der Waals surface area contributed by atoms with Crippen LogP contribution >= 0.6 is 0 Å². The van der Waals surface area contributed by atoms with Crippen molar-refractivity contribution in [1.29, 1.82) is 0 Å². The number of hydrogen-bond acceptors (Lipinski definition) is 2. The van der Waals surface area contributed by atoms with Gasteiger partial charge in [-0.05, 0) is 78.1 Å².